The van der Waals surface area contributed by atoms with Gasteiger partial charge in [0.05, 0.1) is 11.7 Å². The first-order valence-corrected chi connectivity index (χ1v) is 6.14. The summed E-state index contributed by atoms with van der Waals surface area (Å²) in [6.45, 7) is 5.66. The molecule has 0 spiro atoms. The number of rotatable bonds is 4. The maximum Gasteiger partial charge on any atom is 0.0558 e. The molecule has 1 aliphatic rings. The molecule has 4 heteroatoms. The van der Waals surface area contributed by atoms with Crippen molar-refractivity contribution >= 4 is 0 Å². The number of aromatic nitrogens is 2. The zero-order chi connectivity index (χ0) is 11.5. The summed E-state index contributed by atoms with van der Waals surface area (Å²) in [7, 11) is 4.08. The predicted octanol–water partition coefficient (Wildman–Crippen LogP) is 1.02. The van der Waals surface area contributed by atoms with Crippen LogP contribution < -0.4 is 5.32 Å². The second kappa shape index (κ2) is 4.97. The van der Waals surface area contributed by atoms with Crippen molar-refractivity contribution in [3.63, 3.8) is 0 Å². The minimum Gasteiger partial charge on any atom is -0.319 e. The molecule has 16 heavy (non-hydrogen) atoms. The third-order valence-electron chi connectivity index (χ3n) is 3.66. The van der Waals surface area contributed by atoms with Crippen molar-refractivity contribution in [1.82, 2.24) is 20.0 Å². The summed E-state index contributed by atoms with van der Waals surface area (Å²) in [4.78, 5) is 2.55. The molecule has 2 heterocycles. The van der Waals surface area contributed by atoms with Gasteiger partial charge in [-0.25, -0.2) is 0 Å². The van der Waals surface area contributed by atoms with Gasteiger partial charge in [-0.15, -0.1) is 0 Å². The van der Waals surface area contributed by atoms with Gasteiger partial charge in [0.25, 0.3) is 0 Å². The van der Waals surface area contributed by atoms with Crippen LogP contribution in [-0.4, -0.2) is 41.4 Å². The molecule has 0 amide bonds. The first kappa shape index (κ1) is 11.6. The summed E-state index contributed by atoms with van der Waals surface area (Å²) >= 11 is 0. The number of hydrogen-bond acceptors (Lipinski definition) is 3. The molecule has 1 aromatic rings. The predicted molar refractivity (Wildman–Crippen MR) is 65.2 cm³/mol. The summed E-state index contributed by atoms with van der Waals surface area (Å²) in [5.74, 6) is 0.709. The molecule has 0 bridgehead atoms. The Bertz CT molecular complexity index is 334. The van der Waals surface area contributed by atoms with E-state index in [0.29, 0.717) is 12.0 Å². The Morgan fingerprint density at radius 3 is 2.94 bits per heavy atom. The van der Waals surface area contributed by atoms with Crippen molar-refractivity contribution in [2.24, 2.45) is 13.0 Å². The standard InChI is InChI=1S/C12H22N4/c1-4-16-8-6-10(9-13-2)12(16)11-5-7-14-15(11)3/h5,7,10,12-13H,4,6,8-9H2,1-3H3. The van der Waals surface area contributed by atoms with E-state index in [1.54, 1.807) is 0 Å². The van der Waals surface area contributed by atoms with E-state index in [9.17, 15) is 0 Å². The number of likely N-dealkylation sites (tertiary alicyclic amines) is 1. The summed E-state index contributed by atoms with van der Waals surface area (Å²) < 4.78 is 2.02. The van der Waals surface area contributed by atoms with Crippen LogP contribution in [0.15, 0.2) is 12.3 Å². The van der Waals surface area contributed by atoms with Gasteiger partial charge in [0.15, 0.2) is 0 Å². The number of nitrogens with zero attached hydrogens (tertiary/aromatic N) is 3. The van der Waals surface area contributed by atoms with E-state index >= 15 is 0 Å². The smallest absolute Gasteiger partial charge is 0.0558 e. The molecule has 1 fully saturated rings. The Balaban J connectivity index is 2.22. The molecule has 2 rings (SSSR count). The molecule has 1 aliphatic heterocycles. The van der Waals surface area contributed by atoms with E-state index in [1.807, 2.05) is 25.0 Å². The summed E-state index contributed by atoms with van der Waals surface area (Å²) in [6, 6.07) is 2.69. The van der Waals surface area contributed by atoms with Crippen LogP contribution >= 0.6 is 0 Å². The first-order valence-electron chi connectivity index (χ1n) is 6.14. The zero-order valence-corrected chi connectivity index (χ0v) is 10.5. The van der Waals surface area contributed by atoms with Gasteiger partial charge in [0.1, 0.15) is 0 Å². The highest BCUT2D eigenvalue weighted by Crippen LogP contribution is 2.36. The van der Waals surface area contributed by atoms with Crippen LogP contribution in [0.25, 0.3) is 0 Å². The molecular weight excluding hydrogens is 200 g/mol. The Labute approximate surface area is 97.6 Å². The fourth-order valence-electron chi connectivity index (χ4n) is 2.86. The molecule has 1 N–H and O–H groups in total. The monoisotopic (exact) mass is 222 g/mol. The van der Waals surface area contributed by atoms with Gasteiger partial charge in [-0.3, -0.25) is 9.58 Å². The lowest BCUT2D eigenvalue weighted by Gasteiger charge is -2.27. The Hall–Kier alpha value is -0.870. The van der Waals surface area contributed by atoms with E-state index in [1.165, 1.54) is 18.7 Å². The number of nitrogens with one attached hydrogen (secondary N) is 1. The molecule has 2 atom stereocenters. The van der Waals surface area contributed by atoms with Gasteiger partial charge in [0.2, 0.25) is 0 Å². The highest BCUT2D eigenvalue weighted by atomic mass is 15.3. The molecule has 0 saturated carbocycles. The van der Waals surface area contributed by atoms with E-state index in [4.69, 9.17) is 0 Å². The van der Waals surface area contributed by atoms with Crippen molar-refractivity contribution in [3.05, 3.63) is 18.0 Å². The summed E-state index contributed by atoms with van der Waals surface area (Å²) in [5, 5.41) is 7.60. The molecule has 0 aromatic carbocycles. The molecule has 90 valence electrons. The van der Waals surface area contributed by atoms with Crippen LogP contribution in [0.1, 0.15) is 25.1 Å². The van der Waals surface area contributed by atoms with Crippen molar-refractivity contribution in [1.29, 1.82) is 0 Å². The first-order chi connectivity index (χ1) is 7.77. The maximum absolute atomic E-state index is 4.29. The van der Waals surface area contributed by atoms with Crippen molar-refractivity contribution in [2.45, 2.75) is 19.4 Å². The second-order valence-corrected chi connectivity index (χ2v) is 4.56. The Kier molecular flexibility index (Phi) is 3.61. The van der Waals surface area contributed by atoms with E-state index in [-0.39, 0.29) is 0 Å². The fraction of sp³-hybridized carbons (Fsp3) is 0.750. The SMILES string of the molecule is CCN1CCC(CNC)C1c1ccnn1C. The van der Waals surface area contributed by atoms with Gasteiger partial charge in [-0.1, -0.05) is 6.92 Å². The van der Waals surface area contributed by atoms with Crippen LogP contribution in [0.5, 0.6) is 0 Å². The largest absolute Gasteiger partial charge is 0.319 e. The summed E-state index contributed by atoms with van der Waals surface area (Å²) in [6.07, 6.45) is 3.18. The van der Waals surface area contributed by atoms with Crippen LogP contribution in [0, 0.1) is 5.92 Å². The van der Waals surface area contributed by atoms with Crippen LogP contribution in [-0.2, 0) is 7.05 Å². The molecule has 1 aromatic heterocycles. The normalized spacial score (nSPS) is 26.4. The topological polar surface area (TPSA) is 33.1 Å². The minimum absolute atomic E-state index is 0.532. The van der Waals surface area contributed by atoms with Crippen molar-refractivity contribution in [2.75, 3.05) is 26.7 Å². The molecule has 1 saturated heterocycles. The quantitative estimate of drug-likeness (QED) is 0.826. The Morgan fingerprint density at radius 2 is 2.38 bits per heavy atom. The number of hydrogen-bond donors (Lipinski definition) is 1. The second-order valence-electron chi connectivity index (χ2n) is 4.56. The van der Waals surface area contributed by atoms with Gasteiger partial charge >= 0.3 is 0 Å². The molecule has 4 nitrogen and oxygen atoms in total. The lowest BCUT2D eigenvalue weighted by molar-refractivity contribution is 0.228. The zero-order valence-electron chi connectivity index (χ0n) is 10.5. The van der Waals surface area contributed by atoms with Crippen LogP contribution in [0.2, 0.25) is 0 Å². The summed E-state index contributed by atoms with van der Waals surface area (Å²) in [5.41, 5.74) is 1.35. The fourth-order valence-corrected chi connectivity index (χ4v) is 2.86. The van der Waals surface area contributed by atoms with E-state index < -0.39 is 0 Å². The van der Waals surface area contributed by atoms with Crippen LogP contribution in [0.3, 0.4) is 0 Å². The maximum atomic E-state index is 4.29. The molecule has 0 radical (unpaired) electrons. The Morgan fingerprint density at radius 1 is 1.56 bits per heavy atom. The van der Waals surface area contributed by atoms with Gasteiger partial charge in [-0.05, 0) is 45.1 Å². The van der Waals surface area contributed by atoms with E-state index in [0.717, 1.165) is 13.1 Å². The molecule has 0 aliphatic carbocycles. The minimum atomic E-state index is 0.532. The molecule has 2 unspecified atom stereocenters. The van der Waals surface area contributed by atoms with E-state index in [2.05, 4.69) is 28.3 Å². The average Bonchev–Trinajstić information content (AvgIpc) is 2.85. The molecular formula is C12H22N4. The lowest BCUT2D eigenvalue weighted by Crippen LogP contribution is -2.30. The third-order valence-corrected chi connectivity index (χ3v) is 3.66. The van der Waals surface area contributed by atoms with Crippen LogP contribution in [0.4, 0.5) is 0 Å². The van der Waals surface area contributed by atoms with Crippen molar-refractivity contribution in [3.8, 4) is 0 Å². The van der Waals surface area contributed by atoms with Gasteiger partial charge in [0, 0.05) is 13.2 Å². The average molecular weight is 222 g/mol. The highest BCUT2D eigenvalue weighted by molar-refractivity contribution is 5.11. The number of aryl methyl sites for hydroxylation is 1. The lowest BCUT2D eigenvalue weighted by atomic mass is 9.97. The third kappa shape index (κ3) is 1.99. The highest BCUT2D eigenvalue weighted by Gasteiger charge is 2.35. The van der Waals surface area contributed by atoms with Gasteiger partial charge < -0.3 is 5.32 Å². The van der Waals surface area contributed by atoms with Gasteiger partial charge in [-0.2, -0.15) is 5.10 Å². The van der Waals surface area contributed by atoms with Crippen molar-refractivity contribution < 1.29 is 0 Å².